The van der Waals surface area contributed by atoms with Crippen LogP contribution >= 0.6 is 11.6 Å². The van der Waals surface area contributed by atoms with Gasteiger partial charge >= 0.3 is 0 Å². The molecule has 0 spiro atoms. The number of benzene rings is 1. The number of nitrogen functional groups attached to an aromatic ring is 1. The lowest BCUT2D eigenvalue weighted by molar-refractivity contribution is 0.0779. The molecule has 0 bridgehead atoms. The maximum atomic E-state index is 13.1. The first kappa shape index (κ1) is 13.0. The first-order chi connectivity index (χ1) is 8.52. The van der Waals surface area contributed by atoms with E-state index in [0.29, 0.717) is 30.0 Å². The molecule has 1 aliphatic heterocycles. The number of anilines is 1. The number of nitrogens with zero attached hydrogens (tertiary/aromatic N) is 1. The largest absolute Gasteiger partial charge is 0.496 e. The van der Waals surface area contributed by atoms with Gasteiger partial charge in [-0.15, -0.1) is 0 Å². The Hall–Kier alpha value is -1.49. The molecule has 98 valence electrons. The molecule has 1 aliphatic rings. The van der Waals surface area contributed by atoms with Crippen molar-refractivity contribution in [2.45, 2.75) is 12.6 Å². The standard InChI is InChI=1S/C12H14ClFN2O2/c1-18-11-5-10(15)9(13)4-8(11)12(17)16-3-2-7(14)6-16/h4-5,7H,2-3,6,15H2,1H3. The number of likely N-dealkylation sites (tertiary alicyclic amines) is 1. The molecule has 1 fully saturated rings. The van der Waals surface area contributed by atoms with Gasteiger partial charge in [0.15, 0.2) is 0 Å². The van der Waals surface area contributed by atoms with Gasteiger partial charge < -0.3 is 15.4 Å². The molecule has 1 amide bonds. The van der Waals surface area contributed by atoms with Crippen LogP contribution in [-0.2, 0) is 0 Å². The van der Waals surface area contributed by atoms with Gasteiger partial charge in [0.1, 0.15) is 11.9 Å². The average Bonchev–Trinajstić information content (AvgIpc) is 2.78. The molecular formula is C12H14ClFN2O2. The Labute approximate surface area is 109 Å². The van der Waals surface area contributed by atoms with Crippen LogP contribution in [0.4, 0.5) is 10.1 Å². The number of alkyl halides is 1. The summed E-state index contributed by atoms with van der Waals surface area (Å²) in [7, 11) is 1.45. The lowest BCUT2D eigenvalue weighted by atomic mass is 10.1. The summed E-state index contributed by atoms with van der Waals surface area (Å²) in [6, 6.07) is 2.96. The molecule has 6 heteroatoms. The summed E-state index contributed by atoms with van der Waals surface area (Å²) in [5.74, 6) is 0.0677. The molecule has 1 aromatic rings. The average molecular weight is 273 g/mol. The maximum absolute atomic E-state index is 13.1. The second kappa shape index (κ2) is 5.02. The summed E-state index contributed by atoms with van der Waals surface area (Å²) >= 11 is 5.90. The highest BCUT2D eigenvalue weighted by molar-refractivity contribution is 6.33. The fourth-order valence-corrected chi connectivity index (χ4v) is 2.14. The van der Waals surface area contributed by atoms with E-state index in [4.69, 9.17) is 22.1 Å². The summed E-state index contributed by atoms with van der Waals surface area (Å²) < 4.78 is 18.2. The van der Waals surface area contributed by atoms with E-state index < -0.39 is 6.17 Å². The highest BCUT2D eigenvalue weighted by Gasteiger charge is 2.28. The van der Waals surface area contributed by atoms with Crippen molar-refractivity contribution >= 4 is 23.2 Å². The maximum Gasteiger partial charge on any atom is 0.257 e. The van der Waals surface area contributed by atoms with E-state index in [9.17, 15) is 9.18 Å². The SMILES string of the molecule is COc1cc(N)c(Cl)cc1C(=O)N1CCC(F)C1. The Morgan fingerprint density at radius 1 is 1.61 bits per heavy atom. The number of carbonyl (C=O) groups is 1. The minimum absolute atomic E-state index is 0.115. The van der Waals surface area contributed by atoms with E-state index in [0.717, 1.165) is 0 Å². The van der Waals surface area contributed by atoms with Gasteiger partial charge in [0, 0.05) is 12.6 Å². The predicted molar refractivity (Wildman–Crippen MR) is 67.8 cm³/mol. The van der Waals surface area contributed by atoms with Gasteiger partial charge in [-0.2, -0.15) is 0 Å². The topological polar surface area (TPSA) is 55.6 Å². The van der Waals surface area contributed by atoms with Crippen LogP contribution in [0.3, 0.4) is 0 Å². The van der Waals surface area contributed by atoms with Crippen LogP contribution < -0.4 is 10.5 Å². The Bertz CT molecular complexity index is 481. The fraction of sp³-hybridized carbons (Fsp3) is 0.417. The Morgan fingerprint density at radius 3 is 2.89 bits per heavy atom. The summed E-state index contributed by atoms with van der Waals surface area (Å²) in [5.41, 5.74) is 6.30. The zero-order valence-electron chi connectivity index (χ0n) is 9.95. The number of ether oxygens (including phenoxy) is 1. The predicted octanol–water partition coefficient (Wildman–Crippen LogP) is 2.11. The second-order valence-electron chi connectivity index (χ2n) is 4.21. The normalized spacial score (nSPS) is 19.1. The van der Waals surface area contributed by atoms with Gasteiger partial charge in [-0.05, 0) is 12.5 Å². The lowest BCUT2D eigenvalue weighted by Gasteiger charge is -2.17. The van der Waals surface area contributed by atoms with Crippen LogP contribution in [-0.4, -0.2) is 37.2 Å². The van der Waals surface area contributed by atoms with Crippen molar-refractivity contribution in [1.29, 1.82) is 0 Å². The number of halogens is 2. The van der Waals surface area contributed by atoms with Crippen molar-refractivity contribution in [2.75, 3.05) is 25.9 Å². The van der Waals surface area contributed by atoms with Crippen LogP contribution in [0.5, 0.6) is 5.75 Å². The molecule has 0 radical (unpaired) electrons. The highest BCUT2D eigenvalue weighted by Crippen LogP contribution is 2.30. The molecule has 2 N–H and O–H groups in total. The zero-order chi connectivity index (χ0) is 13.3. The number of carbonyl (C=O) groups excluding carboxylic acids is 1. The summed E-state index contributed by atoms with van der Waals surface area (Å²) in [5, 5.41) is 0.287. The van der Waals surface area contributed by atoms with Gasteiger partial charge in [-0.25, -0.2) is 4.39 Å². The molecule has 0 saturated carbocycles. The van der Waals surface area contributed by atoms with Gasteiger partial charge in [0.25, 0.3) is 5.91 Å². The molecule has 1 aromatic carbocycles. The van der Waals surface area contributed by atoms with Crippen LogP contribution in [0.25, 0.3) is 0 Å². The van der Waals surface area contributed by atoms with Gasteiger partial charge in [0.2, 0.25) is 0 Å². The number of amides is 1. The second-order valence-corrected chi connectivity index (χ2v) is 4.62. The van der Waals surface area contributed by atoms with Crippen molar-refractivity contribution < 1.29 is 13.9 Å². The highest BCUT2D eigenvalue weighted by atomic mass is 35.5. The molecule has 4 nitrogen and oxygen atoms in total. The molecular weight excluding hydrogens is 259 g/mol. The minimum Gasteiger partial charge on any atom is -0.496 e. The molecule has 1 heterocycles. The van der Waals surface area contributed by atoms with Crippen molar-refractivity contribution in [3.05, 3.63) is 22.7 Å². The lowest BCUT2D eigenvalue weighted by Crippen LogP contribution is -2.29. The third-order valence-electron chi connectivity index (χ3n) is 2.97. The Balaban J connectivity index is 2.32. The van der Waals surface area contributed by atoms with Crippen molar-refractivity contribution in [3.8, 4) is 5.75 Å². The Kier molecular flexibility index (Phi) is 3.61. The summed E-state index contributed by atoms with van der Waals surface area (Å²) in [6.45, 7) is 0.523. The molecule has 2 rings (SSSR count). The van der Waals surface area contributed by atoms with E-state index in [1.54, 1.807) is 0 Å². The number of methoxy groups -OCH3 is 1. The van der Waals surface area contributed by atoms with Gasteiger partial charge in [0.05, 0.1) is 29.9 Å². The quantitative estimate of drug-likeness (QED) is 0.839. The van der Waals surface area contributed by atoms with Gasteiger partial charge in [-0.1, -0.05) is 11.6 Å². The summed E-state index contributed by atoms with van der Waals surface area (Å²) in [4.78, 5) is 13.7. The van der Waals surface area contributed by atoms with E-state index in [1.165, 1.54) is 24.1 Å². The number of rotatable bonds is 2. The Morgan fingerprint density at radius 2 is 2.33 bits per heavy atom. The molecule has 0 aromatic heterocycles. The zero-order valence-corrected chi connectivity index (χ0v) is 10.7. The molecule has 1 unspecified atom stereocenters. The smallest absolute Gasteiger partial charge is 0.257 e. The van der Waals surface area contributed by atoms with Crippen molar-refractivity contribution in [1.82, 2.24) is 4.90 Å². The number of hydrogen-bond acceptors (Lipinski definition) is 3. The number of nitrogens with two attached hydrogens (primary N) is 1. The van der Waals surface area contributed by atoms with E-state index in [-0.39, 0.29) is 17.5 Å². The van der Waals surface area contributed by atoms with E-state index >= 15 is 0 Å². The first-order valence-corrected chi connectivity index (χ1v) is 5.97. The van der Waals surface area contributed by atoms with Crippen LogP contribution in [0, 0.1) is 0 Å². The van der Waals surface area contributed by atoms with Crippen LogP contribution in [0.1, 0.15) is 16.8 Å². The minimum atomic E-state index is -0.954. The van der Waals surface area contributed by atoms with E-state index in [2.05, 4.69) is 0 Å². The third-order valence-corrected chi connectivity index (χ3v) is 3.29. The molecule has 0 aliphatic carbocycles. The monoisotopic (exact) mass is 272 g/mol. The van der Waals surface area contributed by atoms with Crippen LogP contribution in [0.2, 0.25) is 5.02 Å². The van der Waals surface area contributed by atoms with Crippen molar-refractivity contribution in [2.24, 2.45) is 0 Å². The van der Waals surface area contributed by atoms with Crippen molar-refractivity contribution in [3.63, 3.8) is 0 Å². The number of hydrogen-bond donors (Lipinski definition) is 1. The first-order valence-electron chi connectivity index (χ1n) is 5.59. The third kappa shape index (κ3) is 2.36. The van der Waals surface area contributed by atoms with Crippen LogP contribution in [0.15, 0.2) is 12.1 Å². The summed E-state index contributed by atoms with van der Waals surface area (Å²) in [6.07, 6.45) is -0.583. The van der Waals surface area contributed by atoms with E-state index in [1.807, 2.05) is 0 Å². The molecule has 1 atom stereocenters. The fourth-order valence-electron chi connectivity index (χ4n) is 1.98. The molecule has 1 saturated heterocycles. The molecule has 18 heavy (non-hydrogen) atoms. The van der Waals surface area contributed by atoms with Gasteiger partial charge in [-0.3, -0.25) is 4.79 Å².